The first kappa shape index (κ1) is 16.1. The van der Waals surface area contributed by atoms with Crippen molar-refractivity contribution in [1.29, 1.82) is 0 Å². The zero-order chi connectivity index (χ0) is 15.3. The molecule has 0 aliphatic heterocycles. The van der Waals surface area contributed by atoms with Crippen LogP contribution in [0.15, 0.2) is 29.2 Å². The van der Waals surface area contributed by atoms with Gasteiger partial charge in [-0.3, -0.25) is 14.1 Å². The molecular formula is C11H14N2O6S. The van der Waals surface area contributed by atoms with Crippen molar-refractivity contribution >= 4 is 27.7 Å². The average Bonchev–Trinajstić information content (AvgIpc) is 2.35. The first-order valence-electron chi connectivity index (χ1n) is 5.56. The molecule has 20 heavy (non-hydrogen) atoms. The Kier molecular flexibility index (Phi) is 5.19. The van der Waals surface area contributed by atoms with Crippen molar-refractivity contribution < 1.29 is 27.7 Å². The Labute approximate surface area is 115 Å². The van der Waals surface area contributed by atoms with E-state index in [1.165, 1.54) is 12.1 Å². The summed E-state index contributed by atoms with van der Waals surface area (Å²) in [6, 6.07) is 3.76. The van der Waals surface area contributed by atoms with E-state index in [1.54, 1.807) is 0 Å². The highest BCUT2D eigenvalue weighted by Gasteiger charge is 2.14. The molecule has 0 aromatic heterocycles. The van der Waals surface area contributed by atoms with Gasteiger partial charge in [-0.25, -0.2) is 0 Å². The second-order valence-corrected chi connectivity index (χ2v) is 5.45. The third kappa shape index (κ3) is 4.96. The van der Waals surface area contributed by atoms with Gasteiger partial charge in [0.05, 0.1) is 4.90 Å². The van der Waals surface area contributed by atoms with Gasteiger partial charge in [0.1, 0.15) is 6.04 Å². The number of carbonyl (C=O) groups excluding carboxylic acids is 1. The molecule has 0 spiro atoms. The van der Waals surface area contributed by atoms with Gasteiger partial charge in [0.25, 0.3) is 10.1 Å². The van der Waals surface area contributed by atoms with E-state index in [0.717, 1.165) is 12.1 Å². The summed E-state index contributed by atoms with van der Waals surface area (Å²) < 4.78 is 30.4. The number of nitrogens with one attached hydrogen (secondary N) is 1. The largest absolute Gasteiger partial charge is 0.480 e. The van der Waals surface area contributed by atoms with Crippen LogP contribution in [-0.4, -0.2) is 36.0 Å². The monoisotopic (exact) mass is 302 g/mol. The summed E-state index contributed by atoms with van der Waals surface area (Å²) in [5.74, 6) is -1.63. The Morgan fingerprint density at radius 1 is 1.25 bits per heavy atom. The molecule has 0 radical (unpaired) electrons. The SMILES string of the molecule is N[C@@H](CCC(=O)Nc1ccc(S(=O)(=O)O)cc1)C(=O)O. The predicted molar refractivity (Wildman–Crippen MR) is 69.7 cm³/mol. The lowest BCUT2D eigenvalue weighted by molar-refractivity contribution is -0.138. The molecule has 0 aliphatic rings. The Morgan fingerprint density at radius 3 is 2.25 bits per heavy atom. The molecule has 0 bridgehead atoms. The average molecular weight is 302 g/mol. The van der Waals surface area contributed by atoms with E-state index in [2.05, 4.69) is 5.32 Å². The van der Waals surface area contributed by atoms with Gasteiger partial charge in [0, 0.05) is 12.1 Å². The van der Waals surface area contributed by atoms with Crippen LogP contribution in [-0.2, 0) is 19.7 Å². The van der Waals surface area contributed by atoms with Gasteiger partial charge in [0.15, 0.2) is 0 Å². The molecule has 1 aromatic carbocycles. The summed E-state index contributed by atoms with van der Waals surface area (Å²) in [6.07, 6.45) is -0.0855. The van der Waals surface area contributed by atoms with Crippen LogP contribution in [0.4, 0.5) is 5.69 Å². The molecule has 1 atom stereocenters. The summed E-state index contributed by atoms with van der Waals surface area (Å²) in [4.78, 5) is 21.7. The molecule has 0 fully saturated rings. The number of benzene rings is 1. The fourth-order valence-corrected chi connectivity index (χ4v) is 1.82. The molecule has 0 unspecified atom stereocenters. The van der Waals surface area contributed by atoms with Crippen LogP contribution in [0.2, 0.25) is 0 Å². The lowest BCUT2D eigenvalue weighted by Gasteiger charge is -2.07. The summed E-state index contributed by atoms with van der Waals surface area (Å²) in [7, 11) is -4.27. The number of carboxylic acids is 1. The van der Waals surface area contributed by atoms with E-state index >= 15 is 0 Å². The normalized spacial score (nSPS) is 12.7. The minimum absolute atomic E-state index is 0.00965. The maximum absolute atomic E-state index is 11.5. The maximum atomic E-state index is 11.5. The van der Waals surface area contributed by atoms with Crippen LogP contribution < -0.4 is 11.1 Å². The van der Waals surface area contributed by atoms with Crippen molar-refractivity contribution in [3.63, 3.8) is 0 Å². The summed E-state index contributed by atoms with van der Waals surface area (Å²) in [5.41, 5.74) is 5.58. The van der Waals surface area contributed by atoms with Gasteiger partial charge >= 0.3 is 5.97 Å². The smallest absolute Gasteiger partial charge is 0.320 e. The van der Waals surface area contributed by atoms with E-state index in [0.29, 0.717) is 5.69 Å². The molecule has 1 amide bonds. The molecule has 0 saturated carbocycles. The number of hydrogen-bond acceptors (Lipinski definition) is 5. The molecule has 0 aliphatic carbocycles. The van der Waals surface area contributed by atoms with Crippen LogP contribution in [0.5, 0.6) is 0 Å². The lowest BCUT2D eigenvalue weighted by atomic mass is 10.1. The molecule has 1 aromatic rings. The van der Waals surface area contributed by atoms with Gasteiger partial charge in [-0.1, -0.05) is 0 Å². The van der Waals surface area contributed by atoms with Crippen molar-refractivity contribution in [1.82, 2.24) is 0 Å². The number of hydrogen-bond donors (Lipinski definition) is 4. The van der Waals surface area contributed by atoms with E-state index in [9.17, 15) is 18.0 Å². The van der Waals surface area contributed by atoms with Crippen LogP contribution in [0.3, 0.4) is 0 Å². The number of nitrogens with two attached hydrogens (primary N) is 1. The van der Waals surface area contributed by atoms with Crippen LogP contribution in [0.25, 0.3) is 0 Å². The van der Waals surface area contributed by atoms with Crippen molar-refractivity contribution in [2.24, 2.45) is 5.73 Å². The first-order chi connectivity index (χ1) is 9.20. The molecule has 0 heterocycles. The predicted octanol–water partition coefficient (Wildman–Crippen LogP) is 0.0639. The number of rotatable bonds is 6. The van der Waals surface area contributed by atoms with E-state index < -0.39 is 28.0 Å². The highest BCUT2D eigenvalue weighted by atomic mass is 32.2. The number of carbonyl (C=O) groups is 2. The fourth-order valence-electron chi connectivity index (χ4n) is 1.34. The van der Waals surface area contributed by atoms with Gasteiger partial charge in [0.2, 0.25) is 5.91 Å². The molecule has 1 rings (SSSR count). The summed E-state index contributed by atoms with van der Waals surface area (Å²) in [5, 5.41) is 11.0. The van der Waals surface area contributed by atoms with E-state index in [1.807, 2.05) is 0 Å². The third-order valence-corrected chi connectivity index (χ3v) is 3.30. The fraction of sp³-hybridized carbons (Fsp3) is 0.273. The van der Waals surface area contributed by atoms with Crippen molar-refractivity contribution in [3.05, 3.63) is 24.3 Å². The quantitative estimate of drug-likeness (QED) is 0.543. The molecule has 5 N–H and O–H groups in total. The maximum Gasteiger partial charge on any atom is 0.320 e. The van der Waals surface area contributed by atoms with Crippen molar-refractivity contribution in [2.45, 2.75) is 23.8 Å². The first-order valence-corrected chi connectivity index (χ1v) is 7.00. The zero-order valence-electron chi connectivity index (χ0n) is 10.3. The van der Waals surface area contributed by atoms with Gasteiger partial charge in [-0.2, -0.15) is 8.42 Å². The van der Waals surface area contributed by atoms with E-state index in [4.69, 9.17) is 15.4 Å². The Hall–Kier alpha value is -1.97. The highest BCUT2D eigenvalue weighted by molar-refractivity contribution is 7.85. The second-order valence-electron chi connectivity index (χ2n) is 4.03. The van der Waals surface area contributed by atoms with Crippen molar-refractivity contribution in [3.8, 4) is 0 Å². The molecule has 110 valence electrons. The minimum Gasteiger partial charge on any atom is -0.480 e. The van der Waals surface area contributed by atoms with E-state index in [-0.39, 0.29) is 17.7 Å². The molecular weight excluding hydrogens is 288 g/mol. The Bertz CT molecular complexity index is 596. The highest BCUT2D eigenvalue weighted by Crippen LogP contribution is 2.14. The number of carboxylic acid groups (broad SMARTS) is 1. The van der Waals surface area contributed by atoms with Gasteiger partial charge < -0.3 is 16.2 Å². The van der Waals surface area contributed by atoms with Gasteiger partial charge in [-0.15, -0.1) is 0 Å². The molecule has 9 heteroatoms. The number of amides is 1. The van der Waals surface area contributed by atoms with Crippen LogP contribution >= 0.6 is 0 Å². The summed E-state index contributed by atoms with van der Waals surface area (Å²) in [6.45, 7) is 0. The third-order valence-electron chi connectivity index (χ3n) is 2.44. The molecule has 8 nitrogen and oxygen atoms in total. The number of anilines is 1. The van der Waals surface area contributed by atoms with Crippen LogP contribution in [0.1, 0.15) is 12.8 Å². The van der Waals surface area contributed by atoms with Crippen LogP contribution in [0, 0.1) is 0 Å². The van der Waals surface area contributed by atoms with Crippen molar-refractivity contribution in [2.75, 3.05) is 5.32 Å². The Morgan fingerprint density at radius 2 is 1.80 bits per heavy atom. The Balaban J connectivity index is 2.57. The number of aliphatic carboxylic acids is 1. The standard InChI is InChI=1S/C11H14N2O6S/c12-9(11(15)16)5-6-10(14)13-7-1-3-8(4-2-7)20(17,18)19/h1-4,9H,5-6,12H2,(H,13,14)(H,15,16)(H,17,18,19)/t9-/m0/s1. The summed E-state index contributed by atoms with van der Waals surface area (Å²) >= 11 is 0. The molecule has 0 saturated heterocycles. The minimum atomic E-state index is -4.27. The zero-order valence-corrected chi connectivity index (χ0v) is 11.1. The topological polar surface area (TPSA) is 147 Å². The lowest BCUT2D eigenvalue weighted by Crippen LogP contribution is -2.31. The van der Waals surface area contributed by atoms with Gasteiger partial charge in [-0.05, 0) is 30.7 Å². The second kappa shape index (κ2) is 6.46.